The molecule has 0 radical (unpaired) electrons. The van der Waals surface area contributed by atoms with E-state index in [9.17, 15) is 9.18 Å². The van der Waals surface area contributed by atoms with Crippen LogP contribution in [0, 0.1) is 5.82 Å². The van der Waals surface area contributed by atoms with Gasteiger partial charge in [-0.2, -0.15) is 0 Å². The van der Waals surface area contributed by atoms with Crippen molar-refractivity contribution in [1.29, 1.82) is 0 Å². The minimum Gasteiger partial charge on any atom is -0.492 e. The summed E-state index contributed by atoms with van der Waals surface area (Å²) in [6.45, 7) is 0.730. The number of nitrogens with zero attached hydrogens (tertiary/aromatic N) is 1. The Bertz CT molecular complexity index is 619. The average molecular weight is 352 g/mol. The Labute approximate surface area is 131 Å². The summed E-state index contributed by atoms with van der Waals surface area (Å²) in [6.07, 6.45) is 0. The number of carbonyl (C=O) groups is 1. The Balaban J connectivity index is 1.90. The number of rotatable bonds is 5. The van der Waals surface area contributed by atoms with Crippen molar-refractivity contribution in [1.82, 2.24) is 4.90 Å². The van der Waals surface area contributed by atoms with Gasteiger partial charge in [0.2, 0.25) is 0 Å². The van der Waals surface area contributed by atoms with Gasteiger partial charge in [0.05, 0.1) is 12.1 Å². The standard InChI is InChI=1S/C16H15BrFNO2/c1-19(9-10-21-13-5-3-2-4-6-13)16(20)14-8-7-12(17)11-15(14)18/h2-8,11H,9-10H2,1H3. The molecule has 0 saturated carbocycles. The second-order valence-corrected chi connectivity index (χ2v) is 5.43. The van der Waals surface area contributed by atoms with E-state index in [4.69, 9.17) is 4.74 Å². The van der Waals surface area contributed by atoms with Gasteiger partial charge in [-0.1, -0.05) is 34.1 Å². The summed E-state index contributed by atoms with van der Waals surface area (Å²) >= 11 is 3.17. The van der Waals surface area contributed by atoms with Gasteiger partial charge in [-0.15, -0.1) is 0 Å². The molecule has 0 heterocycles. The quantitative estimate of drug-likeness (QED) is 0.821. The van der Waals surface area contributed by atoms with Crippen LogP contribution in [0.2, 0.25) is 0 Å². The van der Waals surface area contributed by atoms with Gasteiger partial charge in [-0.05, 0) is 30.3 Å². The highest BCUT2D eigenvalue weighted by atomic mass is 79.9. The van der Waals surface area contributed by atoms with Crippen LogP contribution in [-0.4, -0.2) is 31.0 Å². The zero-order valence-corrected chi connectivity index (χ0v) is 13.1. The summed E-state index contributed by atoms with van der Waals surface area (Å²) in [6, 6.07) is 13.7. The molecule has 2 aromatic carbocycles. The van der Waals surface area contributed by atoms with Crippen LogP contribution in [0.3, 0.4) is 0 Å². The first-order chi connectivity index (χ1) is 10.1. The van der Waals surface area contributed by atoms with Gasteiger partial charge in [-0.3, -0.25) is 4.79 Å². The summed E-state index contributed by atoms with van der Waals surface area (Å²) in [5.74, 6) is -0.157. The van der Waals surface area contributed by atoms with Crippen LogP contribution in [0.1, 0.15) is 10.4 Å². The van der Waals surface area contributed by atoms with Crippen LogP contribution in [0.5, 0.6) is 5.75 Å². The lowest BCUT2D eigenvalue weighted by Gasteiger charge is -2.18. The fraction of sp³-hybridized carbons (Fsp3) is 0.188. The van der Waals surface area contributed by atoms with Crippen LogP contribution >= 0.6 is 15.9 Å². The molecule has 110 valence electrons. The molecule has 2 rings (SSSR count). The number of ether oxygens (including phenoxy) is 1. The Morgan fingerprint density at radius 3 is 2.62 bits per heavy atom. The summed E-state index contributed by atoms with van der Waals surface area (Å²) in [7, 11) is 1.62. The molecule has 0 aliphatic carbocycles. The van der Waals surface area contributed by atoms with E-state index in [2.05, 4.69) is 15.9 Å². The van der Waals surface area contributed by atoms with Crippen LogP contribution in [0.25, 0.3) is 0 Å². The summed E-state index contributed by atoms with van der Waals surface area (Å²) < 4.78 is 19.9. The molecule has 0 unspecified atom stereocenters. The maximum absolute atomic E-state index is 13.7. The molecule has 0 bridgehead atoms. The third-order valence-electron chi connectivity index (χ3n) is 2.95. The van der Waals surface area contributed by atoms with Gasteiger partial charge in [0.15, 0.2) is 0 Å². The highest BCUT2D eigenvalue weighted by molar-refractivity contribution is 9.10. The molecule has 0 N–H and O–H groups in total. The second kappa shape index (κ2) is 7.22. The van der Waals surface area contributed by atoms with Crippen molar-refractivity contribution in [2.75, 3.05) is 20.2 Å². The normalized spacial score (nSPS) is 10.2. The van der Waals surface area contributed by atoms with Gasteiger partial charge in [0.25, 0.3) is 5.91 Å². The van der Waals surface area contributed by atoms with Crippen molar-refractivity contribution in [3.8, 4) is 5.75 Å². The molecule has 0 fully saturated rings. The van der Waals surface area contributed by atoms with E-state index in [1.54, 1.807) is 13.1 Å². The smallest absolute Gasteiger partial charge is 0.256 e. The first-order valence-electron chi connectivity index (χ1n) is 6.46. The van der Waals surface area contributed by atoms with Crippen LogP contribution in [-0.2, 0) is 0 Å². The van der Waals surface area contributed by atoms with Crippen LogP contribution in [0.15, 0.2) is 53.0 Å². The van der Waals surface area contributed by atoms with E-state index in [0.717, 1.165) is 5.75 Å². The molecule has 5 heteroatoms. The third-order valence-corrected chi connectivity index (χ3v) is 3.44. The van der Waals surface area contributed by atoms with Gasteiger partial charge in [0.1, 0.15) is 18.2 Å². The summed E-state index contributed by atoms with van der Waals surface area (Å²) in [5.41, 5.74) is 0.0559. The Morgan fingerprint density at radius 2 is 1.95 bits per heavy atom. The number of carbonyl (C=O) groups excluding carboxylic acids is 1. The lowest BCUT2D eigenvalue weighted by Crippen LogP contribution is -2.31. The predicted molar refractivity (Wildman–Crippen MR) is 83.0 cm³/mol. The average Bonchev–Trinajstić information content (AvgIpc) is 2.47. The third kappa shape index (κ3) is 4.29. The van der Waals surface area contributed by atoms with Crippen LogP contribution < -0.4 is 4.74 Å². The Hall–Kier alpha value is -1.88. The van der Waals surface area contributed by atoms with Crippen molar-refractivity contribution < 1.29 is 13.9 Å². The van der Waals surface area contributed by atoms with Gasteiger partial charge < -0.3 is 9.64 Å². The van der Waals surface area contributed by atoms with Crippen molar-refractivity contribution >= 4 is 21.8 Å². The molecule has 21 heavy (non-hydrogen) atoms. The fourth-order valence-corrected chi connectivity index (χ4v) is 2.12. The SMILES string of the molecule is CN(CCOc1ccccc1)C(=O)c1ccc(Br)cc1F. The minimum atomic E-state index is -0.537. The van der Waals surface area contributed by atoms with Crippen LogP contribution in [0.4, 0.5) is 4.39 Å². The number of hydrogen-bond acceptors (Lipinski definition) is 2. The Kier molecular flexibility index (Phi) is 5.33. The maximum atomic E-state index is 13.7. The highest BCUT2D eigenvalue weighted by Gasteiger charge is 2.16. The maximum Gasteiger partial charge on any atom is 0.256 e. The van der Waals surface area contributed by atoms with E-state index >= 15 is 0 Å². The predicted octanol–water partition coefficient (Wildman–Crippen LogP) is 3.74. The molecule has 0 atom stereocenters. The molecule has 0 saturated heterocycles. The minimum absolute atomic E-state index is 0.0559. The monoisotopic (exact) mass is 351 g/mol. The molecule has 1 amide bonds. The van der Waals surface area contributed by atoms with Crippen molar-refractivity contribution in [2.24, 2.45) is 0 Å². The zero-order valence-electron chi connectivity index (χ0n) is 11.6. The first kappa shape index (κ1) is 15.5. The van der Waals surface area contributed by atoms with Crippen molar-refractivity contribution in [2.45, 2.75) is 0 Å². The molecule has 3 nitrogen and oxygen atoms in total. The van der Waals surface area contributed by atoms with Gasteiger partial charge in [0, 0.05) is 11.5 Å². The van der Waals surface area contributed by atoms with E-state index in [0.29, 0.717) is 17.6 Å². The lowest BCUT2D eigenvalue weighted by atomic mass is 10.2. The van der Waals surface area contributed by atoms with Crippen molar-refractivity contribution in [3.05, 3.63) is 64.4 Å². The molecule has 0 aromatic heterocycles. The number of halogens is 2. The largest absolute Gasteiger partial charge is 0.492 e. The van der Waals surface area contributed by atoms with E-state index in [1.807, 2.05) is 30.3 Å². The molecule has 0 spiro atoms. The number of likely N-dealkylation sites (N-methyl/N-ethyl adjacent to an activating group) is 1. The highest BCUT2D eigenvalue weighted by Crippen LogP contribution is 2.16. The molecule has 2 aromatic rings. The lowest BCUT2D eigenvalue weighted by molar-refractivity contribution is 0.0769. The molecule has 0 aliphatic rings. The van der Waals surface area contributed by atoms with Crippen molar-refractivity contribution in [3.63, 3.8) is 0 Å². The zero-order chi connectivity index (χ0) is 15.2. The summed E-state index contributed by atoms with van der Waals surface area (Å²) in [4.78, 5) is 13.6. The summed E-state index contributed by atoms with van der Waals surface area (Å²) in [5, 5.41) is 0. The Morgan fingerprint density at radius 1 is 1.24 bits per heavy atom. The first-order valence-corrected chi connectivity index (χ1v) is 7.25. The van der Waals surface area contributed by atoms with E-state index in [1.165, 1.54) is 17.0 Å². The second-order valence-electron chi connectivity index (χ2n) is 4.51. The topological polar surface area (TPSA) is 29.5 Å². The van der Waals surface area contributed by atoms with Gasteiger partial charge in [-0.25, -0.2) is 4.39 Å². The molecular weight excluding hydrogens is 337 g/mol. The fourth-order valence-electron chi connectivity index (χ4n) is 1.79. The molecular formula is C16H15BrFNO2. The number of hydrogen-bond donors (Lipinski definition) is 0. The number of para-hydroxylation sites is 1. The van der Waals surface area contributed by atoms with E-state index < -0.39 is 5.82 Å². The number of amides is 1. The van der Waals surface area contributed by atoms with Gasteiger partial charge >= 0.3 is 0 Å². The number of benzene rings is 2. The van der Waals surface area contributed by atoms with E-state index in [-0.39, 0.29) is 11.5 Å². The molecule has 0 aliphatic heterocycles.